The van der Waals surface area contributed by atoms with Gasteiger partial charge in [0.05, 0.1) is 17.1 Å². The van der Waals surface area contributed by atoms with Crippen molar-refractivity contribution in [1.82, 2.24) is 14.9 Å². The zero-order valence-corrected chi connectivity index (χ0v) is 14.2. The number of aryl methyl sites for hydroxylation is 1. The highest BCUT2D eigenvalue weighted by Gasteiger charge is 2.17. The van der Waals surface area contributed by atoms with Gasteiger partial charge in [0.15, 0.2) is 11.5 Å². The molecule has 1 atom stereocenters. The van der Waals surface area contributed by atoms with Gasteiger partial charge < -0.3 is 19.4 Å². The first-order chi connectivity index (χ1) is 12.1. The number of ether oxygens (including phenoxy) is 2. The first-order valence-corrected chi connectivity index (χ1v) is 8.22. The molecular formula is C19H19N3O3. The summed E-state index contributed by atoms with van der Waals surface area (Å²) in [5.74, 6) is 2.22. The van der Waals surface area contributed by atoms with Crippen molar-refractivity contribution in [2.75, 3.05) is 6.79 Å². The molecule has 1 aliphatic heterocycles. The fourth-order valence-electron chi connectivity index (χ4n) is 3.09. The van der Waals surface area contributed by atoms with E-state index in [1.165, 1.54) is 0 Å². The number of carbonyl (C=O) groups is 1. The lowest BCUT2D eigenvalue weighted by molar-refractivity contribution is -0.122. The number of nitrogens with one attached hydrogen (secondary N) is 1. The normalized spacial score (nSPS) is 13.8. The Morgan fingerprint density at radius 1 is 1.24 bits per heavy atom. The molecule has 0 saturated heterocycles. The Kier molecular flexibility index (Phi) is 3.80. The van der Waals surface area contributed by atoms with Gasteiger partial charge in [-0.25, -0.2) is 4.98 Å². The molecule has 0 bridgehead atoms. The molecule has 25 heavy (non-hydrogen) atoms. The predicted molar refractivity (Wildman–Crippen MR) is 93.6 cm³/mol. The molecule has 1 aromatic heterocycles. The second-order valence-electron chi connectivity index (χ2n) is 6.14. The second-order valence-corrected chi connectivity index (χ2v) is 6.14. The van der Waals surface area contributed by atoms with Gasteiger partial charge in [0.2, 0.25) is 12.7 Å². The molecule has 0 spiro atoms. The number of hydrogen-bond acceptors (Lipinski definition) is 4. The number of benzene rings is 2. The third-order valence-corrected chi connectivity index (χ3v) is 4.42. The molecule has 2 heterocycles. The smallest absolute Gasteiger partial charge is 0.240 e. The fourth-order valence-corrected chi connectivity index (χ4v) is 3.09. The van der Waals surface area contributed by atoms with Crippen LogP contribution in [0.1, 0.15) is 24.4 Å². The molecule has 0 unspecified atom stereocenters. The van der Waals surface area contributed by atoms with Crippen LogP contribution >= 0.6 is 0 Å². The van der Waals surface area contributed by atoms with Gasteiger partial charge in [0, 0.05) is 0 Å². The molecule has 1 amide bonds. The van der Waals surface area contributed by atoms with Crippen LogP contribution in [0.3, 0.4) is 0 Å². The Labute approximate surface area is 145 Å². The maximum absolute atomic E-state index is 12.5. The summed E-state index contributed by atoms with van der Waals surface area (Å²) in [4.78, 5) is 17.0. The van der Waals surface area contributed by atoms with Crippen LogP contribution in [-0.2, 0) is 11.3 Å². The van der Waals surface area contributed by atoms with E-state index in [4.69, 9.17) is 9.47 Å². The maximum Gasteiger partial charge on any atom is 0.240 e. The summed E-state index contributed by atoms with van der Waals surface area (Å²) in [6.45, 7) is 4.34. The summed E-state index contributed by atoms with van der Waals surface area (Å²) in [6, 6.07) is 13.4. The number of amides is 1. The quantitative estimate of drug-likeness (QED) is 0.795. The van der Waals surface area contributed by atoms with Crippen molar-refractivity contribution < 1.29 is 14.3 Å². The van der Waals surface area contributed by atoms with Crippen molar-refractivity contribution in [3.63, 3.8) is 0 Å². The molecule has 6 heteroatoms. The van der Waals surface area contributed by atoms with Crippen molar-refractivity contribution >= 4 is 16.9 Å². The Morgan fingerprint density at radius 2 is 2.04 bits per heavy atom. The number of hydrogen-bond donors (Lipinski definition) is 1. The van der Waals surface area contributed by atoms with Crippen LogP contribution in [-0.4, -0.2) is 22.3 Å². The monoisotopic (exact) mass is 337 g/mol. The first-order valence-electron chi connectivity index (χ1n) is 8.22. The van der Waals surface area contributed by atoms with Crippen LogP contribution < -0.4 is 14.8 Å². The Bertz CT molecular complexity index is 948. The third-order valence-electron chi connectivity index (χ3n) is 4.42. The summed E-state index contributed by atoms with van der Waals surface area (Å²) in [6.07, 6.45) is 0. The number of imidazole rings is 1. The minimum atomic E-state index is -0.128. The minimum Gasteiger partial charge on any atom is -0.454 e. The minimum absolute atomic E-state index is 0.0589. The Hall–Kier alpha value is -3.02. The average Bonchev–Trinajstić information content (AvgIpc) is 3.19. The Balaban J connectivity index is 1.49. The van der Waals surface area contributed by atoms with E-state index in [1.807, 2.05) is 60.9 Å². The molecule has 2 aromatic carbocycles. The van der Waals surface area contributed by atoms with E-state index in [0.717, 1.165) is 33.9 Å². The van der Waals surface area contributed by atoms with E-state index >= 15 is 0 Å². The second kappa shape index (κ2) is 6.12. The summed E-state index contributed by atoms with van der Waals surface area (Å²) in [5, 5.41) is 3.03. The van der Waals surface area contributed by atoms with E-state index in [9.17, 15) is 4.79 Å². The van der Waals surface area contributed by atoms with E-state index < -0.39 is 0 Å². The number of fused-ring (bicyclic) bond motifs is 2. The van der Waals surface area contributed by atoms with Gasteiger partial charge in [-0.1, -0.05) is 18.2 Å². The lowest BCUT2D eigenvalue weighted by Gasteiger charge is -2.16. The van der Waals surface area contributed by atoms with Crippen LogP contribution in [0.4, 0.5) is 0 Å². The van der Waals surface area contributed by atoms with Gasteiger partial charge >= 0.3 is 0 Å². The van der Waals surface area contributed by atoms with Crippen LogP contribution in [0, 0.1) is 6.92 Å². The van der Waals surface area contributed by atoms with Gasteiger partial charge in [-0.15, -0.1) is 0 Å². The molecule has 0 fully saturated rings. The molecule has 0 aliphatic carbocycles. The molecule has 1 aliphatic rings. The standard InChI is InChI=1S/C19H19N3O3/c1-12(14-7-8-17-18(9-14)25-11-24-17)20-19(23)10-22-13(2)21-15-5-3-4-6-16(15)22/h3-9,12H,10-11H2,1-2H3,(H,20,23)/t12-/m0/s1. The zero-order chi connectivity index (χ0) is 17.4. The van der Waals surface area contributed by atoms with Crippen molar-refractivity contribution in [3.05, 3.63) is 53.9 Å². The highest BCUT2D eigenvalue weighted by atomic mass is 16.7. The Morgan fingerprint density at radius 3 is 2.92 bits per heavy atom. The summed E-state index contributed by atoms with van der Waals surface area (Å²) >= 11 is 0. The summed E-state index contributed by atoms with van der Waals surface area (Å²) in [7, 11) is 0. The van der Waals surface area contributed by atoms with Crippen LogP contribution in [0.5, 0.6) is 11.5 Å². The number of nitrogens with zero attached hydrogens (tertiary/aromatic N) is 2. The summed E-state index contributed by atoms with van der Waals surface area (Å²) in [5.41, 5.74) is 2.84. The average molecular weight is 337 g/mol. The molecule has 128 valence electrons. The van der Waals surface area contributed by atoms with Crippen LogP contribution in [0.15, 0.2) is 42.5 Å². The number of carbonyl (C=O) groups excluding carboxylic acids is 1. The van der Waals surface area contributed by atoms with Gasteiger partial charge in [0.25, 0.3) is 0 Å². The SMILES string of the molecule is Cc1nc2ccccc2n1CC(=O)N[C@@H](C)c1ccc2c(c1)OCO2. The van der Waals surface area contributed by atoms with Crippen LogP contribution in [0.25, 0.3) is 11.0 Å². The lowest BCUT2D eigenvalue weighted by Crippen LogP contribution is -2.30. The number of rotatable bonds is 4. The molecule has 4 rings (SSSR count). The number of para-hydroxylation sites is 2. The largest absolute Gasteiger partial charge is 0.454 e. The molecular weight excluding hydrogens is 318 g/mol. The van der Waals surface area contributed by atoms with Crippen molar-refractivity contribution in [2.45, 2.75) is 26.4 Å². The highest BCUT2D eigenvalue weighted by molar-refractivity contribution is 5.81. The summed E-state index contributed by atoms with van der Waals surface area (Å²) < 4.78 is 12.6. The van der Waals surface area contributed by atoms with Crippen LogP contribution in [0.2, 0.25) is 0 Å². The molecule has 0 saturated carbocycles. The topological polar surface area (TPSA) is 65.4 Å². The lowest BCUT2D eigenvalue weighted by atomic mass is 10.1. The van der Waals surface area contributed by atoms with Gasteiger partial charge in [-0.3, -0.25) is 4.79 Å². The van der Waals surface area contributed by atoms with Crippen molar-refractivity contribution in [2.24, 2.45) is 0 Å². The molecule has 1 N–H and O–H groups in total. The third kappa shape index (κ3) is 2.91. The number of aromatic nitrogens is 2. The van der Waals surface area contributed by atoms with E-state index in [-0.39, 0.29) is 25.3 Å². The van der Waals surface area contributed by atoms with Crippen molar-refractivity contribution in [1.29, 1.82) is 0 Å². The van der Waals surface area contributed by atoms with Crippen molar-refractivity contribution in [3.8, 4) is 11.5 Å². The van der Waals surface area contributed by atoms with E-state index in [0.29, 0.717) is 0 Å². The molecule has 6 nitrogen and oxygen atoms in total. The highest BCUT2D eigenvalue weighted by Crippen LogP contribution is 2.34. The molecule has 3 aromatic rings. The first kappa shape index (κ1) is 15.5. The zero-order valence-electron chi connectivity index (χ0n) is 14.2. The van der Waals surface area contributed by atoms with Gasteiger partial charge in [-0.05, 0) is 43.7 Å². The predicted octanol–water partition coefficient (Wildman–Crippen LogP) is 2.95. The van der Waals surface area contributed by atoms with Gasteiger partial charge in [-0.2, -0.15) is 0 Å². The van der Waals surface area contributed by atoms with Gasteiger partial charge in [0.1, 0.15) is 12.4 Å². The maximum atomic E-state index is 12.5. The molecule has 0 radical (unpaired) electrons. The van der Waals surface area contributed by atoms with E-state index in [2.05, 4.69) is 10.3 Å². The fraction of sp³-hybridized carbons (Fsp3) is 0.263. The van der Waals surface area contributed by atoms with E-state index in [1.54, 1.807) is 0 Å².